The number of hydrogen-bond donors (Lipinski definition) is 0. The van der Waals surface area contributed by atoms with Crippen molar-refractivity contribution in [2.75, 3.05) is 20.6 Å². The number of rotatable bonds is 33. The van der Waals surface area contributed by atoms with Crippen LogP contribution >= 0.6 is 0 Å². The smallest absolute Gasteiger partial charge is 0.423 e. The average molecular weight is 675 g/mol. The standard InChI is InChI=1S/C42H78N2O4/c1-6-8-10-12-14-16-18-20-22-24-26-28-30-32-34-36-40(45)44(42(47)48-39(3)38-43(4)5)41(46)37-35-33-31-29-27-25-23-21-19-17-15-13-11-9-7-2/h20-23,39H,6-19,24-38H2,1-5H3. The first kappa shape index (κ1) is 46.0. The van der Waals surface area contributed by atoms with E-state index in [4.69, 9.17) is 4.74 Å². The Kier molecular flexibility index (Phi) is 33.5. The van der Waals surface area contributed by atoms with Gasteiger partial charge in [-0.25, -0.2) is 4.79 Å². The molecule has 0 N–H and O–H groups in total. The molecule has 48 heavy (non-hydrogen) atoms. The summed E-state index contributed by atoms with van der Waals surface area (Å²) in [5.41, 5.74) is 0. The zero-order valence-electron chi connectivity index (χ0n) is 32.4. The highest BCUT2D eigenvalue weighted by Gasteiger charge is 2.30. The van der Waals surface area contributed by atoms with Crippen molar-refractivity contribution in [3.8, 4) is 0 Å². The van der Waals surface area contributed by atoms with Crippen molar-refractivity contribution < 1.29 is 19.1 Å². The fraction of sp³-hybridized carbons (Fsp3) is 0.833. The van der Waals surface area contributed by atoms with Crippen molar-refractivity contribution in [1.29, 1.82) is 0 Å². The minimum absolute atomic E-state index is 0.202. The molecule has 0 aromatic rings. The molecule has 0 saturated heterocycles. The fourth-order valence-corrected chi connectivity index (χ4v) is 6.04. The lowest BCUT2D eigenvalue weighted by molar-refractivity contribution is -0.143. The second-order valence-electron chi connectivity index (χ2n) is 14.2. The lowest BCUT2D eigenvalue weighted by atomic mass is 10.1. The van der Waals surface area contributed by atoms with Gasteiger partial charge in [-0.1, -0.05) is 141 Å². The fourth-order valence-electron chi connectivity index (χ4n) is 6.04. The van der Waals surface area contributed by atoms with Crippen LogP contribution in [0.3, 0.4) is 0 Å². The molecular formula is C42H78N2O4. The van der Waals surface area contributed by atoms with E-state index in [0.717, 1.165) is 69.1 Å². The van der Waals surface area contributed by atoms with Gasteiger partial charge in [-0.3, -0.25) is 9.59 Å². The molecule has 0 radical (unpaired) electrons. The highest BCUT2D eigenvalue weighted by atomic mass is 16.6. The number of ether oxygens (including phenoxy) is 1. The number of carbonyl (C=O) groups is 3. The van der Waals surface area contributed by atoms with Crippen LogP contribution in [0.4, 0.5) is 4.79 Å². The van der Waals surface area contributed by atoms with Crippen molar-refractivity contribution >= 4 is 17.9 Å². The van der Waals surface area contributed by atoms with Gasteiger partial charge >= 0.3 is 6.09 Å². The minimum atomic E-state index is -0.820. The molecular weight excluding hydrogens is 596 g/mol. The summed E-state index contributed by atoms with van der Waals surface area (Å²) < 4.78 is 5.51. The molecule has 0 heterocycles. The number of unbranched alkanes of at least 4 members (excludes halogenated alkanes) is 22. The third kappa shape index (κ3) is 30.1. The van der Waals surface area contributed by atoms with E-state index >= 15 is 0 Å². The van der Waals surface area contributed by atoms with Gasteiger partial charge in [-0.2, -0.15) is 4.90 Å². The molecule has 0 rings (SSSR count). The topological polar surface area (TPSA) is 66.9 Å². The summed E-state index contributed by atoms with van der Waals surface area (Å²) in [6.07, 6.45) is 39.1. The number of likely N-dealkylation sites (N-methyl/N-ethyl adjacent to an activating group) is 1. The van der Waals surface area contributed by atoms with Crippen molar-refractivity contribution in [3.63, 3.8) is 0 Å². The third-order valence-electron chi connectivity index (χ3n) is 8.91. The normalized spacial score (nSPS) is 12.4. The maximum absolute atomic E-state index is 13.1. The van der Waals surface area contributed by atoms with Gasteiger partial charge in [-0.15, -0.1) is 0 Å². The first-order chi connectivity index (χ1) is 23.3. The second kappa shape index (κ2) is 34.9. The maximum Gasteiger partial charge on any atom is 0.423 e. The first-order valence-electron chi connectivity index (χ1n) is 20.3. The molecule has 3 amide bonds. The van der Waals surface area contributed by atoms with E-state index in [0.29, 0.717) is 19.4 Å². The van der Waals surface area contributed by atoms with Crippen LogP contribution in [0.1, 0.15) is 201 Å². The summed E-state index contributed by atoms with van der Waals surface area (Å²) in [6.45, 7) is 6.84. The molecule has 6 heteroatoms. The van der Waals surface area contributed by atoms with Crippen LogP contribution in [0.2, 0.25) is 0 Å². The Morgan fingerprint density at radius 1 is 0.500 bits per heavy atom. The summed E-state index contributed by atoms with van der Waals surface area (Å²) in [5.74, 6) is -0.847. The van der Waals surface area contributed by atoms with E-state index in [1.807, 2.05) is 19.0 Å². The monoisotopic (exact) mass is 675 g/mol. The van der Waals surface area contributed by atoms with Crippen LogP contribution in [-0.4, -0.2) is 54.5 Å². The Labute approximate surface area is 297 Å². The number of nitrogens with zero attached hydrogens (tertiary/aromatic N) is 2. The summed E-state index contributed by atoms with van der Waals surface area (Å²) in [4.78, 5) is 41.9. The molecule has 0 fully saturated rings. The van der Waals surface area contributed by atoms with Gasteiger partial charge < -0.3 is 9.64 Å². The molecule has 0 aromatic heterocycles. The second-order valence-corrected chi connectivity index (χ2v) is 14.2. The van der Waals surface area contributed by atoms with Gasteiger partial charge in [0.25, 0.3) is 0 Å². The van der Waals surface area contributed by atoms with E-state index in [9.17, 15) is 14.4 Å². The number of amides is 3. The van der Waals surface area contributed by atoms with Gasteiger partial charge in [-0.05, 0) is 85.2 Å². The number of imide groups is 3. The molecule has 0 saturated carbocycles. The van der Waals surface area contributed by atoms with Crippen LogP contribution in [0.5, 0.6) is 0 Å². The van der Waals surface area contributed by atoms with Gasteiger partial charge in [0.15, 0.2) is 0 Å². The summed E-state index contributed by atoms with van der Waals surface area (Å²) >= 11 is 0. The van der Waals surface area contributed by atoms with Crippen LogP contribution < -0.4 is 0 Å². The number of allylic oxidation sites excluding steroid dienone is 4. The maximum atomic E-state index is 13.1. The van der Waals surface area contributed by atoms with Crippen molar-refractivity contribution in [2.45, 2.75) is 207 Å². The summed E-state index contributed by atoms with van der Waals surface area (Å²) in [7, 11) is 3.80. The SMILES string of the molecule is CCCCCCCCC=CCCCCCCCC(=O)N(C(=O)CCCCCCCC=CCCCCCCCC)C(=O)OC(C)CN(C)C. The minimum Gasteiger partial charge on any atom is -0.444 e. The Morgan fingerprint density at radius 3 is 1.15 bits per heavy atom. The Balaban J connectivity index is 4.33. The number of carbonyl (C=O) groups excluding carboxylic acids is 3. The largest absolute Gasteiger partial charge is 0.444 e. The van der Waals surface area contributed by atoms with Crippen molar-refractivity contribution in [2.24, 2.45) is 0 Å². The molecule has 0 aliphatic heterocycles. The average Bonchev–Trinajstić information content (AvgIpc) is 3.04. The molecule has 1 unspecified atom stereocenters. The molecule has 0 aromatic carbocycles. The van der Waals surface area contributed by atoms with Gasteiger partial charge in [0.1, 0.15) is 6.10 Å². The highest BCUT2D eigenvalue weighted by molar-refractivity contribution is 6.08. The van der Waals surface area contributed by atoms with Crippen LogP contribution in [-0.2, 0) is 14.3 Å². The quantitative estimate of drug-likeness (QED) is 0.0512. The van der Waals surface area contributed by atoms with Crippen molar-refractivity contribution in [3.05, 3.63) is 24.3 Å². The Morgan fingerprint density at radius 2 is 0.812 bits per heavy atom. The van der Waals surface area contributed by atoms with E-state index in [1.54, 1.807) is 6.92 Å². The Bertz CT molecular complexity index is 770. The first-order valence-corrected chi connectivity index (χ1v) is 20.3. The molecule has 0 aliphatic rings. The van der Waals surface area contributed by atoms with Crippen LogP contribution in [0, 0.1) is 0 Å². The molecule has 0 bridgehead atoms. The number of hydrogen-bond acceptors (Lipinski definition) is 5. The Hall–Kier alpha value is -1.95. The molecule has 6 nitrogen and oxygen atoms in total. The molecule has 0 aliphatic carbocycles. The predicted molar refractivity (Wildman–Crippen MR) is 205 cm³/mol. The zero-order valence-corrected chi connectivity index (χ0v) is 32.4. The lowest BCUT2D eigenvalue weighted by Crippen LogP contribution is -2.44. The zero-order chi connectivity index (χ0) is 35.5. The van der Waals surface area contributed by atoms with Gasteiger partial charge in [0.2, 0.25) is 11.8 Å². The lowest BCUT2D eigenvalue weighted by Gasteiger charge is -2.23. The van der Waals surface area contributed by atoms with Gasteiger partial charge in [0, 0.05) is 19.4 Å². The van der Waals surface area contributed by atoms with Crippen LogP contribution in [0.25, 0.3) is 0 Å². The van der Waals surface area contributed by atoms with Crippen LogP contribution in [0.15, 0.2) is 24.3 Å². The molecule has 1 atom stereocenters. The van der Waals surface area contributed by atoms with E-state index in [-0.39, 0.29) is 12.8 Å². The highest BCUT2D eigenvalue weighted by Crippen LogP contribution is 2.15. The van der Waals surface area contributed by atoms with E-state index < -0.39 is 24.0 Å². The van der Waals surface area contributed by atoms with Crippen molar-refractivity contribution in [1.82, 2.24) is 9.80 Å². The summed E-state index contributed by atoms with van der Waals surface area (Å²) in [6, 6.07) is 0. The molecule has 280 valence electrons. The van der Waals surface area contributed by atoms with Gasteiger partial charge in [0.05, 0.1) is 0 Å². The van der Waals surface area contributed by atoms with E-state index in [1.165, 1.54) is 89.9 Å². The predicted octanol–water partition coefficient (Wildman–Crippen LogP) is 12.5. The third-order valence-corrected chi connectivity index (χ3v) is 8.91. The molecule has 0 spiro atoms. The summed E-state index contributed by atoms with van der Waals surface area (Å²) in [5, 5.41) is 0. The van der Waals surface area contributed by atoms with E-state index in [2.05, 4.69) is 38.2 Å².